The minimum absolute atomic E-state index is 0.197. The van der Waals surface area contributed by atoms with E-state index in [4.69, 9.17) is 0 Å². The van der Waals surface area contributed by atoms with E-state index in [9.17, 15) is 4.79 Å². The Balaban J connectivity index is 2.38. The summed E-state index contributed by atoms with van der Waals surface area (Å²) in [7, 11) is 1.91. The summed E-state index contributed by atoms with van der Waals surface area (Å²) in [4.78, 5) is 13.4. The van der Waals surface area contributed by atoms with Gasteiger partial charge in [0.05, 0.1) is 0 Å². The molecule has 1 aliphatic rings. The molecule has 0 aromatic rings. The van der Waals surface area contributed by atoms with Gasteiger partial charge in [-0.05, 0) is 18.3 Å². The number of hydrogen-bond donors (Lipinski definition) is 0. The fourth-order valence-electron chi connectivity index (χ4n) is 2.40. The van der Waals surface area contributed by atoms with Crippen LogP contribution in [0.5, 0.6) is 0 Å². The van der Waals surface area contributed by atoms with E-state index in [1.54, 1.807) is 6.08 Å². The summed E-state index contributed by atoms with van der Waals surface area (Å²) < 4.78 is 0. The summed E-state index contributed by atoms with van der Waals surface area (Å²) >= 11 is 0. The molecule has 0 unspecified atom stereocenters. The Labute approximate surface area is 93.3 Å². The van der Waals surface area contributed by atoms with Crippen LogP contribution in [0.4, 0.5) is 0 Å². The molecule has 86 valence electrons. The molecule has 15 heavy (non-hydrogen) atoms. The number of carbonyl (C=O) groups excluding carboxylic acids is 1. The quantitative estimate of drug-likeness (QED) is 0.652. The lowest BCUT2D eigenvalue weighted by Gasteiger charge is -2.32. The average molecular weight is 209 g/mol. The van der Waals surface area contributed by atoms with E-state index in [-0.39, 0.29) is 5.91 Å². The van der Waals surface area contributed by atoms with Crippen molar-refractivity contribution in [3.63, 3.8) is 0 Å². The molecule has 0 radical (unpaired) electrons. The molecule has 0 heterocycles. The van der Waals surface area contributed by atoms with Gasteiger partial charge in [0.15, 0.2) is 0 Å². The van der Waals surface area contributed by atoms with Gasteiger partial charge in [-0.3, -0.25) is 4.79 Å². The Bertz CT molecular complexity index is 225. The summed E-state index contributed by atoms with van der Waals surface area (Å²) in [6.45, 7) is 6.84. The maximum atomic E-state index is 11.6. The summed E-state index contributed by atoms with van der Waals surface area (Å²) in [6, 6.07) is 0. The van der Waals surface area contributed by atoms with Gasteiger partial charge in [0.25, 0.3) is 0 Å². The average Bonchev–Trinajstić information content (AvgIpc) is 2.21. The number of carbonyl (C=O) groups is 1. The summed E-state index contributed by atoms with van der Waals surface area (Å²) in [5.41, 5.74) is 0. The van der Waals surface area contributed by atoms with Crippen LogP contribution >= 0.6 is 0 Å². The third-order valence-corrected chi connectivity index (χ3v) is 3.54. The monoisotopic (exact) mass is 209 g/mol. The lowest BCUT2D eigenvalue weighted by Crippen LogP contribution is -2.34. The molecule has 1 aliphatic carbocycles. The van der Waals surface area contributed by atoms with Crippen molar-refractivity contribution in [2.45, 2.75) is 39.0 Å². The third kappa shape index (κ3) is 3.69. The van der Waals surface area contributed by atoms with Crippen LogP contribution in [-0.2, 0) is 4.79 Å². The first-order valence-electron chi connectivity index (χ1n) is 6.00. The van der Waals surface area contributed by atoms with Gasteiger partial charge in [0, 0.05) is 20.0 Å². The van der Waals surface area contributed by atoms with Crippen LogP contribution in [0.3, 0.4) is 0 Å². The smallest absolute Gasteiger partial charge is 0.226 e. The number of amides is 1. The van der Waals surface area contributed by atoms with Gasteiger partial charge in [-0.1, -0.05) is 32.3 Å². The molecule has 0 N–H and O–H groups in total. The highest BCUT2D eigenvalue weighted by molar-refractivity contribution is 5.77. The second-order valence-corrected chi connectivity index (χ2v) is 4.79. The molecule has 0 spiro atoms. The van der Waals surface area contributed by atoms with Gasteiger partial charge >= 0.3 is 0 Å². The Hall–Kier alpha value is -0.790. The van der Waals surface area contributed by atoms with Crippen molar-refractivity contribution in [1.82, 2.24) is 4.90 Å². The molecule has 1 saturated carbocycles. The highest BCUT2D eigenvalue weighted by atomic mass is 16.2. The van der Waals surface area contributed by atoms with E-state index in [0.29, 0.717) is 12.3 Å². The second kappa shape index (κ2) is 5.94. The molecule has 2 heteroatoms. The van der Waals surface area contributed by atoms with Gasteiger partial charge < -0.3 is 4.90 Å². The van der Waals surface area contributed by atoms with E-state index in [1.165, 1.54) is 25.7 Å². The Morgan fingerprint density at radius 3 is 2.73 bits per heavy atom. The maximum absolute atomic E-state index is 11.6. The number of nitrogens with zero attached hydrogens (tertiary/aromatic N) is 1. The minimum atomic E-state index is 0.197. The summed E-state index contributed by atoms with van der Waals surface area (Å²) in [5.74, 6) is 1.68. The largest absolute Gasteiger partial charge is 0.345 e. The van der Waals surface area contributed by atoms with Crippen LogP contribution in [0.15, 0.2) is 12.7 Å². The lowest BCUT2D eigenvalue weighted by molar-refractivity contribution is -0.129. The van der Waals surface area contributed by atoms with Crippen molar-refractivity contribution in [3.8, 4) is 0 Å². The first kappa shape index (κ1) is 12.3. The zero-order chi connectivity index (χ0) is 11.3. The van der Waals surface area contributed by atoms with E-state index >= 15 is 0 Å². The van der Waals surface area contributed by atoms with Crippen LogP contribution in [0, 0.1) is 11.8 Å². The molecule has 0 aromatic heterocycles. The summed E-state index contributed by atoms with van der Waals surface area (Å²) in [5, 5.41) is 0. The predicted molar refractivity (Wildman–Crippen MR) is 63.6 cm³/mol. The van der Waals surface area contributed by atoms with Gasteiger partial charge in [-0.15, -0.1) is 6.58 Å². The van der Waals surface area contributed by atoms with Crippen molar-refractivity contribution >= 4 is 5.91 Å². The highest BCUT2D eigenvalue weighted by Crippen LogP contribution is 2.29. The second-order valence-electron chi connectivity index (χ2n) is 4.79. The zero-order valence-electron chi connectivity index (χ0n) is 10.0. The van der Waals surface area contributed by atoms with Crippen molar-refractivity contribution < 1.29 is 4.79 Å². The molecule has 2 nitrogen and oxygen atoms in total. The van der Waals surface area contributed by atoms with Crippen LogP contribution in [0.25, 0.3) is 0 Å². The third-order valence-electron chi connectivity index (χ3n) is 3.54. The molecule has 2 atom stereocenters. The molecule has 0 bridgehead atoms. The molecule has 0 saturated heterocycles. The zero-order valence-corrected chi connectivity index (χ0v) is 10.0. The number of hydrogen-bond acceptors (Lipinski definition) is 1. The van der Waals surface area contributed by atoms with Crippen LogP contribution in [0.2, 0.25) is 0 Å². The Morgan fingerprint density at radius 2 is 2.13 bits per heavy atom. The van der Waals surface area contributed by atoms with Crippen LogP contribution in [0.1, 0.15) is 39.0 Å². The molecular weight excluding hydrogens is 186 g/mol. The van der Waals surface area contributed by atoms with Crippen molar-refractivity contribution in [1.29, 1.82) is 0 Å². The molecule has 1 amide bonds. The maximum Gasteiger partial charge on any atom is 0.226 e. The fraction of sp³-hybridized carbons (Fsp3) is 0.769. The van der Waals surface area contributed by atoms with Gasteiger partial charge in [0.2, 0.25) is 5.91 Å². The van der Waals surface area contributed by atoms with Gasteiger partial charge in [-0.25, -0.2) is 0 Å². The SMILES string of the molecule is C=CCC(=O)N(C)C[C@H]1CCCC[C@@H]1C. The highest BCUT2D eigenvalue weighted by Gasteiger charge is 2.23. The molecule has 1 rings (SSSR count). The topological polar surface area (TPSA) is 20.3 Å². The summed E-state index contributed by atoms with van der Waals surface area (Å²) in [6.07, 6.45) is 7.46. The molecule has 1 fully saturated rings. The lowest BCUT2D eigenvalue weighted by atomic mass is 9.80. The van der Waals surface area contributed by atoms with E-state index < -0.39 is 0 Å². The Morgan fingerprint density at radius 1 is 1.47 bits per heavy atom. The first-order valence-corrected chi connectivity index (χ1v) is 6.00. The minimum Gasteiger partial charge on any atom is -0.345 e. The predicted octanol–water partition coefficient (Wildman–Crippen LogP) is 2.85. The molecule has 0 aliphatic heterocycles. The van der Waals surface area contributed by atoms with Crippen LogP contribution in [-0.4, -0.2) is 24.4 Å². The Kier molecular flexibility index (Phi) is 4.86. The van der Waals surface area contributed by atoms with E-state index in [1.807, 2.05) is 11.9 Å². The fourth-order valence-corrected chi connectivity index (χ4v) is 2.40. The van der Waals surface area contributed by atoms with Gasteiger partial charge in [-0.2, -0.15) is 0 Å². The van der Waals surface area contributed by atoms with Gasteiger partial charge in [0.1, 0.15) is 0 Å². The van der Waals surface area contributed by atoms with Crippen LogP contribution < -0.4 is 0 Å². The van der Waals surface area contributed by atoms with Crippen molar-refractivity contribution in [2.75, 3.05) is 13.6 Å². The van der Waals surface area contributed by atoms with E-state index in [2.05, 4.69) is 13.5 Å². The van der Waals surface area contributed by atoms with Crippen molar-refractivity contribution in [3.05, 3.63) is 12.7 Å². The van der Waals surface area contributed by atoms with E-state index in [0.717, 1.165) is 12.5 Å². The van der Waals surface area contributed by atoms with Crippen molar-refractivity contribution in [2.24, 2.45) is 11.8 Å². The number of rotatable bonds is 4. The first-order chi connectivity index (χ1) is 7.15. The molecule has 0 aromatic carbocycles. The normalized spacial score (nSPS) is 26.0. The standard InChI is InChI=1S/C13H23NO/c1-4-7-13(15)14(3)10-12-9-6-5-8-11(12)2/h4,11-12H,1,5-10H2,2-3H3/t11-,12+/m0/s1. The molecular formula is C13H23NO.